The molecule has 1 aromatic rings. The second-order valence-electron chi connectivity index (χ2n) is 9.80. The fourth-order valence-corrected chi connectivity index (χ4v) is 4.46. The molecule has 0 spiro atoms. The Morgan fingerprint density at radius 3 is 2.39 bits per heavy atom. The molecule has 2 aliphatic rings. The topological polar surface area (TPSA) is 74.3 Å². The van der Waals surface area contributed by atoms with E-state index in [1.807, 2.05) is 24.3 Å². The van der Waals surface area contributed by atoms with Gasteiger partial charge in [-0.25, -0.2) is 0 Å². The first kappa shape index (κ1) is 25.3. The number of piperazine rings is 1. The van der Waals surface area contributed by atoms with Gasteiger partial charge in [-0.15, -0.1) is 0 Å². The van der Waals surface area contributed by atoms with Gasteiger partial charge in [0, 0.05) is 38.1 Å². The second-order valence-corrected chi connectivity index (χ2v) is 9.80. The van der Waals surface area contributed by atoms with Crippen LogP contribution in [0.25, 0.3) is 0 Å². The van der Waals surface area contributed by atoms with Gasteiger partial charge in [-0.3, -0.25) is 14.6 Å². The molecule has 0 aromatic heterocycles. The van der Waals surface area contributed by atoms with Crippen molar-refractivity contribution >= 4 is 5.91 Å². The molecule has 1 aliphatic heterocycles. The van der Waals surface area contributed by atoms with Gasteiger partial charge in [0.25, 0.3) is 0 Å². The van der Waals surface area contributed by atoms with Crippen LogP contribution in [0, 0.1) is 5.41 Å². The number of hydrogen-bond donors (Lipinski definition) is 2. The number of carbonyl (C=O) groups excluding carboxylic acids is 1. The van der Waals surface area contributed by atoms with Crippen LogP contribution in [0.5, 0.6) is 11.5 Å². The van der Waals surface area contributed by atoms with Crippen LogP contribution in [-0.2, 0) is 4.79 Å². The minimum absolute atomic E-state index is 0.0484. The second kappa shape index (κ2) is 10.7. The Labute approximate surface area is 198 Å². The Balaban J connectivity index is 1.41. The summed E-state index contributed by atoms with van der Waals surface area (Å²) in [4.78, 5) is 17.3. The number of aliphatic hydroxyl groups excluding tert-OH is 1. The van der Waals surface area contributed by atoms with E-state index in [1.165, 1.54) is 0 Å². The Hall–Kier alpha value is -2.35. The molecule has 1 fully saturated rings. The van der Waals surface area contributed by atoms with Crippen LogP contribution in [0.1, 0.15) is 27.7 Å². The number of nitrogens with zero attached hydrogens (tertiary/aromatic N) is 2. The van der Waals surface area contributed by atoms with E-state index in [0.29, 0.717) is 24.6 Å². The average Bonchev–Trinajstić information content (AvgIpc) is 2.77. The maximum Gasteiger partial charge on any atom is 0.234 e. The van der Waals surface area contributed by atoms with Crippen molar-refractivity contribution < 1.29 is 19.4 Å². The first-order chi connectivity index (χ1) is 15.6. The molecule has 33 heavy (non-hydrogen) atoms. The maximum atomic E-state index is 12.9. The van der Waals surface area contributed by atoms with E-state index in [2.05, 4.69) is 61.0 Å². The molecule has 0 bridgehead atoms. The number of rotatable bonds is 9. The van der Waals surface area contributed by atoms with E-state index in [1.54, 1.807) is 7.11 Å². The summed E-state index contributed by atoms with van der Waals surface area (Å²) in [6.45, 7) is 12.8. The quantitative estimate of drug-likeness (QED) is 0.594. The van der Waals surface area contributed by atoms with E-state index in [0.717, 1.165) is 31.8 Å². The molecule has 1 unspecified atom stereocenters. The highest BCUT2D eigenvalue weighted by Gasteiger charge is 2.43. The van der Waals surface area contributed by atoms with Crippen LogP contribution >= 0.6 is 0 Å². The smallest absolute Gasteiger partial charge is 0.234 e. The molecule has 3 rings (SSSR count). The molecular weight excluding hydrogens is 418 g/mol. The van der Waals surface area contributed by atoms with Crippen molar-refractivity contribution in [1.29, 1.82) is 0 Å². The van der Waals surface area contributed by atoms with Gasteiger partial charge in [0.1, 0.15) is 12.7 Å². The summed E-state index contributed by atoms with van der Waals surface area (Å²) in [5.41, 5.74) is 0.617. The third-order valence-corrected chi connectivity index (χ3v) is 7.13. The van der Waals surface area contributed by atoms with Gasteiger partial charge >= 0.3 is 0 Å². The van der Waals surface area contributed by atoms with Crippen molar-refractivity contribution in [2.45, 2.75) is 39.3 Å². The summed E-state index contributed by atoms with van der Waals surface area (Å²) < 4.78 is 11.0. The van der Waals surface area contributed by atoms with Crippen molar-refractivity contribution in [1.82, 2.24) is 15.1 Å². The van der Waals surface area contributed by atoms with Crippen molar-refractivity contribution in [3.63, 3.8) is 0 Å². The molecule has 2 N–H and O–H groups in total. The number of amides is 1. The summed E-state index contributed by atoms with van der Waals surface area (Å²) in [5.74, 6) is 1.33. The number of allylic oxidation sites excluding steroid dienone is 2. The fraction of sp³-hybridized carbons (Fsp3) is 0.577. The Bertz CT molecular complexity index is 874. The molecular formula is C26H39N3O4. The number of para-hydroxylation sites is 2. The first-order valence-electron chi connectivity index (χ1n) is 11.7. The zero-order chi connectivity index (χ0) is 24.1. The number of aliphatic hydroxyl groups is 1. The molecule has 182 valence electrons. The normalized spacial score (nSPS) is 24.1. The molecule has 0 radical (unpaired) electrons. The molecule has 2 atom stereocenters. The van der Waals surface area contributed by atoms with Gasteiger partial charge < -0.3 is 19.9 Å². The number of ether oxygens (including phenoxy) is 2. The lowest BCUT2D eigenvalue weighted by Gasteiger charge is -2.46. The number of methoxy groups -OCH3 is 1. The molecule has 7 nitrogen and oxygen atoms in total. The zero-order valence-electron chi connectivity index (χ0n) is 20.6. The summed E-state index contributed by atoms with van der Waals surface area (Å²) in [6, 6.07) is 7.43. The number of β-amino-alcohol motifs (C(OH)–C–C–N with tert-alkyl or cyclic N) is 1. The number of nitrogens with one attached hydrogen (secondary N) is 1. The number of hydrogen-bond acceptors (Lipinski definition) is 6. The predicted octanol–water partition coefficient (Wildman–Crippen LogP) is 2.47. The first-order valence-corrected chi connectivity index (χ1v) is 11.7. The van der Waals surface area contributed by atoms with Crippen molar-refractivity contribution in [2.24, 2.45) is 5.41 Å². The van der Waals surface area contributed by atoms with Gasteiger partial charge in [0.2, 0.25) is 5.91 Å². The minimum atomic E-state index is -0.596. The molecule has 1 amide bonds. The lowest BCUT2D eigenvalue weighted by atomic mass is 9.67. The standard InChI is InChI=1S/C26H39N3O4/c1-20-9-8-12-25(2,3)26(20,4)27-24(31)18-29-15-13-28(14-16-29)17-21(30)19-33-23-11-7-6-10-22(23)32-5/h6-12,21,30H,13-19H2,1-5H3,(H,27,31)/t21?,26-/m1/s1. The van der Waals surface area contributed by atoms with Crippen LogP contribution < -0.4 is 14.8 Å². The minimum Gasteiger partial charge on any atom is -0.493 e. The maximum absolute atomic E-state index is 12.9. The van der Waals surface area contributed by atoms with E-state index in [4.69, 9.17) is 9.47 Å². The Morgan fingerprint density at radius 1 is 1.12 bits per heavy atom. The summed E-state index contributed by atoms with van der Waals surface area (Å²) in [5, 5.41) is 13.7. The number of carbonyl (C=O) groups is 1. The van der Waals surface area contributed by atoms with Crippen molar-refractivity contribution in [2.75, 3.05) is 53.0 Å². The van der Waals surface area contributed by atoms with Crippen LogP contribution in [0.3, 0.4) is 0 Å². The average molecular weight is 458 g/mol. The van der Waals surface area contributed by atoms with Crippen LogP contribution in [0.15, 0.2) is 48.1 Å². The third-order valence-electron chi connectivity index (χ3n) is 7.13. The van der Waals surface area contributed by atoms with Gasteiger partial charge in [-0.1, -0.05) is 44.2 Å². The lowest BCUT2D eigenvalue weighted by molar-refractivity contribution is -0.125. The monoisotopic (exact) mass is 457 g/mol. The molecule has 1 heterocycles. The van der Waals surface area contributed by atoms with E-state index >= 15 is 0 Å². The fourth-order valence-electron chi connectivity index (χ4n) is 4.46. The highest BCUT2D eigenvalue weighted by Crippen LogP contribution is 2.40. The van der Waals surface area contributed by atoms with Crippen LogP contribution in [0.2, 0.25) is 0 Å². The lowest BCUT2D eigenvalue weighted by Crippen LogP contribution is -2.59. The summed E-state index contributed by atoms with van der Waals surface area (Å²) in [6.07, 6.45) is 5.70. The van der Waals surface area contributed by atoms with Crippen LogP contribution in [-0.4, -0.2) is 85.4 Å². The van der Waals surface area contributed by atoms with E-state index in [-0.39, 0.29) is 17.9 Å². The van der Waals surface area contributed by atoms with Gasteiger partial charge in [-0.05, 0) is 31.6 Å². The summed E-state index contributed by atoms with van der Waals surface area (Å²) >= 11 is 0. The van der Waals surface area contributed by atoms with Crippen molar-refractivity contribution in [3.8, 4) is 11.5 Å². The predicted molar refractivity (Wildman–Crippen MR) is 131 cm³/mol. The Kier molecular flexibility index (Phi) is 8.21. The van der Waals surface area contributed by atoms with Crippen LogP contribution in [0.4, 0.5) is 0 Å². The summed E-state index contributed by atoms with van der Waals surface area (Å²) in [7, 11) is 1.60. The van der Waals surface area contributed by atoms with Gasteiger partial charge in [-0.2, -0.15) is 0 Å². The van der Waals surface area contributed by atoms with Crippen molar-refractivity contribution in [3.05, 3.63) is 48.1 Å². The third kappa shape index (κ3) is 6.16. The molecule has 7 heteroatoms. The molecule has 0 saturated carbocycles. The SMILES string of the molecule is COc1ccccc1OCC(O)CN1CCN(CC(=O)N[C@]2(C)C(C)=CC=CC2(C)C)CC1. The molecule has 1 saturated heterocycles. The largest absolute Gasteiger partial charge is 0.493 e. The highest BCUT2D eigenvalue weighted by molar-refractivity contribution is 5.79. The van der Waals surface area contributed by atoms with Gasteiger partial charge in [0.05, 0.1) is 19.2 Å². The molecule has 1 aromatic carbocycles. The van der Waals surface area contributed by atoms with Gasteiger partial charge in [0.15, 0.2) is 11.5 Å². The molecule has 1 aliphatic carbocycles. The number of benzene rings is 1. The van der Waals surface area contributed by atoms with E-state index < -0.39 is 11.6 Å². The Morgan fingerprint density at radius 2 is 1.76 bits per heavy atom. The van der Waals surface area contributed by atoms with E-state index in [9.17, 15) is 9.90 Å². The zero-order valence-corrected chi connectivity index (χ0v) is 20.6. The highest BCUT2D eigenvalue weighted by atomic mass is 16.5.